The van der Waals surface area contributed by atoms with Crippen LogP contribution in [0.5, 0.6) is 0 Å². The van der Waals surface area contributed by atoms with E-state index in [-0.39, 0.29) is 5.56 Å². The third-order valence-electron chi connectivity index (χ3n) is 3.65. The van der Waals surface area contributed by atoms with E-state index in [1.807, 2.05) is 0 Å². The smallest absolute Gasteiger partial charge is 0.252 e. The number of fused-ring (bicyclic) bond motifs is 1. The van der Waals surface area contributed by atoms with Gasteiger partial charge in [0.15, 0.2) is 0 Å². The van der Waals surface area contributed by atoms with E-state index in [1.165, 1.54) is 4.68 Å². The second-order valence-electron chi connectivity index (χ2n) is 5.05. The average molecular weight is 343 g/mol. The number of halogens is 3. The summed E-state index contributed by atoms with van der Waals surface area (Å²) in [6.45, 7) is 0.272. The third kappa shape index (κ3) is 2.47. The monoisotopic (exact) mass is 342 g/mol. The minimum Gasteiger partial charge on any atom is -0.365 e. The van der Waals surface area contributed by atoms with Gasteiger partial charge in [-0.15, -0.1) is 0 Å². The summed E-state index contributed by atoms with van der Waals surface area (Å²) in [7, 11) is 0. The van der Waals surface area contributed by atoms with Crippen molar-refractivity contribution in [2.24, 2.45) is 5.73 Å². The predicted octanol–water partition coefficient (Wildman–Crippen LogP) is 2.57. The maximum Gasteiger partial charge on any atom is 0.252 e. The fraction of sp³-hybridized carbons (Fsp3) is 0.286. The molecule has 3 rings (SSSR count). The fourth-order valence-electron chi connectivity index (χ4n) is 2.61. The third-order valence-corrected chi connectivity index (χ3v) is 4.38. The van der Waals surface area contributed by atoms with E-state index in [9.17, 15) is 9.18 Å². The molecule has 0 fully saturated rings. The molecule has 0 aliphatic carbocycles. The minimum absolute atomic E-state index is 0.282. The van der Waals surface area contributed by atoms with Crippen molar-refractivity contribution in [1.29, 1.82) is 0 Å². The zero-order chi connectivity index (χ0) is 15.9. The molecule has 0 saturated heterocycles. The number of carbonyl (C=O) groups excluding carboxylic acids is 1. The summed E-state index contributed by atoms with van der Waals surface area (Å²) >= 11 is 11.9. The number of nitrogens with two attached hydrogens (primary N) is 1. The van der Waals surface area contributed by atoms with Gasteiger partial charge in [0, 0.05) is 18.7 Å². The van der Waals surface area contributed by atoms with Gasteiger partial charge in [-0.25, -0.2) is 4.39 Å². The lowest BCUT2D eigenvalue weighted by molar-refractivity contribution is 0.0999. The van der Waals surface area contributed by atoms with Crippen LogP contribution in [0.3, 0.4) is 0 Å². The molecule has 1 amide bonds. The second-order valence-corrected chi connectivity index (χ2v) is 5.86. The number of hydrogen-bond acceptors (Lipinski definition) is 3. The predicted molar refractivity (Wildman–Crippen MR) is 82.9 cm³/mol. The highest BCUT2D eigenvalue weighted by Gasteiger charge is 2.29. The Labute approximate surface area is 136 Å². The molecular weight excluding hydrogens is 330 g/mol. The summed E-state index contributed by atoms with van der Waals surface area (Å²) in [5, 5.41) is 8.22. The average Bonchev–Trinajstić information content (AvgIpc) is 2.89. The minimum atomic E-state index is -0.608. The molecule has 1 aliphatic heterocycles. The van der Waals surface area contributed by atoms with E-state index in [0.717, 1.165) is 0 Å². The van der Waals surface area contributed by atoms with Gasteiger partial charge in [-0.2, -0.15) is 5.10 Å². The van der Waals surface area contributed by atoms with Crippen molar-refractivity contribution < 1.29 is 9.18 Å². The quantitative estimate of drug-likeness (QED) is 0.900. The van der Waals surface area contributed by atoms with E-state index in [4.69, 9.17) is 28.9 Å². The highest BCUT2D eigenvalue weighted by atomic mass is 35.5. The van der Waals surface area contributed by atoms with Crippen molar-refractivity contribution in [3.63, 3.8) is 0 Å². The van der Waals surface area contributed by atoms with Crippen LogP contribution in [0.2, 0.25) is 10.0 Å². The molecule has 1 atom stereocenters. The van der Waals surface area contributed by atoms with Crippen LogP contribution < -0.4 is 11.1 Å². The Kier molecular flexibility index (Phi) is 4.08. The molecule has 0 bridgehead atoms. The van der Waals surface area contributed by atoms with E-state index in [0.29, 0.717) is 40.1 Å². The van der Waals surface area contributed by atoms with Crippen molar-refractivity contribution >= 4 is 29.1 Å². The molecule has 5 nitrogen and oxygen atoms in total. The zero-order valence-electron chi connectivity index (χ0n) is 11.4. The SMILES string of the molecule is NC(=O)c1c(-c2ccc(Cl)c(Cl)c2)nn2c1CNCC2CF. The van der Waals surface area contributed by atoms with Gasteiger partial charge in [-0.05, 0) is 12.1 Å². The summed E-state index contributed by atoms with van der Waals surface area (Å²) < 4.78 is 14.7. The van der Waals surface area contributed by atoms with Gasteiger partial charge in [-0.3, -0.25) is 9.48 Å². The molecule has 1 aliphatic rings. The fourth-order valence-corrected chi connectivity index (χ4v) is 2.91. The molecule has 1 unspecified atom stereocenters. The first kappa shape index (κ1) is 15.3. The van der Waals surface area contributed by atoms with Gasteiger partial charge in [0.05, 0.1) is 27.3 Å². The van der Waals surface area contributed by atoms with Gasteiger partial charge >= 0.3 is 0 Å². The van der Waals surface area contributed by atoms with Crippen molar-refractivity contribution in [2.75, 3.05) is 13.2 Å². The number of nitrogens with zero attached hydrogens (tertiary/aromatic N) is 2. The number of primary amides is 1. The number of nitrogens with one attached hydrogen (secondary N) is 1. The highest BCUT2D eigenvalue weighted by Crippen LogP contribution is 2.32. The first-order chi connectivity index (χ1) is 10.5. The number of hydrogen-bond donors (Lipinski definition) is 2. The zero-order valence-corrected chi connectivity index (χ0v) is 13.0. The summed E-state index contributed by atoms with van der Waals surface area (Å²) in [5.74, 6) is -0.608. The van der Waals surface area contributed by atoms with Gasteiger partial charge in [0.25, 0.3) is 5.91 Å². The number of benzene rings is 1. The maximum atomic E-state index is 13.2. The standard InChI is InChI=1S/C14H13Cl2FN4O/c15-9-2-1-7(3-10(9)16)13-12(14(18)22)11-6-19-5-8(4-17)21(11)20-13/h1-3,8,19H,4-6H2,(H2,18,22). The number of alkyl halides is 1. The topological polar surface area (TPSA) is 72.9 Å². The van der Waals surface area contributed by atoms with Crippen LogP contribution in [0, 0.1) is 0 Å². The number of aromatic nitrogens is 2. The Bertz CT molecular complexity index is 747. The van der Waals surface area contributed by atoms with E-state index < -0.39 is 18.6 Å². The summed E-state index contributed by atoms with van der Waals surface area (Å²) in [6.07, 6.45) is 0. The van der Waals surface area contributed by atoms with Crippen LogP contribution >= 0.6 is 23.2 Å². The van der Waals surface area contributed by atoms with Crippen LogP contribution in [0.4, 0.5) is 4.39 Å². The lowest BCUT2D eigenvalue weighted by atomic mass is 10.0. The maximum absolute atomic E-state index is 13.2. The molecule has 116 valence electrons. The van der Waals surface area contributed by atoms with Crippen molar-refractivity contribution in [3.05, 3.63) is 39.5 Å². The molecule has 0 saturated carbocycles. The van der Waals surface area contributed by atoms with Gasteiger partial charge < -0.3 is 11.1 Å². The molecule has 1 aromatic heterocycles. The van der Waals surface area contributed by atoms with Crippen LogP contribution in [0.25, 0.3) is 11.3 Å². The molecule has 0 radical (unpaired) electrons. The largest absolute Gasteiger partial charge is 0.365 e. The van der Waals surface area contributed by atoms with Crippen molar-refractivity contribution in [2.45, 2.75) is 12.6 Å². The molecule has 0 spiro atoms. The summed E-state index contributed by atoms with van der Waals surface area (Å²) in [6, 6.07) is 4.47. The molecule has 8 heteroatoms. The van der Waals surface area contributed by atoms with Crippen LogP contribution in [-0.4, -0.2) is 28.9 Å². The van der Waals surface area contributed by atoms with E-state index in [2.05, 4.69) is 10.4 Å². The molecular formula is C14H13Cl2FN4O. The van der Waals surface area contributed by atoms with Gasteiger partial charge in [0.1, 0.15) is 12.4 Å². The van der Waals surface area contributed by atoms with Gasteiger partial charge in [-0.1, -0.05) is 29.3 Å². The number of rotatable bonds is 3. The number of carbonyl (C=O) groups is 1. The van der Waals surface area contributed by atoms with E-state index >= 15 is 0 Å². The molecule has 22 heavy (non-hydrogen) atoms. The molecule has 1 aromatic carbocycles. The molecule has 3 N–H and O–H groups in total. The molecule has 2 heterocycles. The highest BCUT2D eigenvalue weighted by molar-refractivity contribution is 6.42. The Hall–Kier alpha value is -1.63. The number of amides is 1. The van der Waals surface area contributed by atoms with Crippen molar-refractivity contribution in [1.82, 2.24) is 15.1 Å². The first-order valence-electron chi connectivity index (χ1n) is 6.66. The van der Waals surface area contributed by atoms with Crippen LogP contribution in [0.1, 0.15) is 22.1 Å². The van der Waals surface area contributed by atoms with Crippen LogP contribution in [0.15, 0.2) is 18.2 Å². The van der Waals surface area contributed by atoms with E-state index in [1.54, 1.807) is 18.2 Å². The Morgan fingerprint density at radius 2 is 2.23 bits per heavy atom. The van der Waals surface area contributed by atoms with Crippen molar-refractivity contribution in [3.8, 4) is 11.3 Å². The lowest BCUT2D eigenvalue weighted by Gasteiger charge is -2.23. The normalized spacial score (nSPS) is 17.3. The summed E-state index contributed by atoms with van der Waals surface area (Å²) in [4.78, 5) is 11.9. The Balaban J connectivity index is 2.21. The van der Waals surface area contributed by atoms with Crippen LogP contribution in [-0.2, 0) is 6.54 Å². The second kappa shape index (κ2) is 5.87. The first-order valence-corrected chi connectivity index (χ1v) is 7.41. The Morgan fingerprint density at radius 1 is 1.45 bits per heavy atom. The lowest BCUT2D eigenvalue weighted by Crippen LogP contribution is -2.35. The van der Waals surface area contributed by atoms with Gasteiger partial charge in [0.2, 0.25) is 0 Å². The molecule has 2 aromatic rings. The Morgan fingerprint density at radius 3 is 2.86 bits per heavy atom. The summed E-state index contributed by atoms with van der Waals surface area (Å²) in [5.41, 5.74) is 7.38.